The van der Waals surface area contributed by atoms with Crippen LogP contribution in [0.4, 0.5) is 0 Å². The van der Waals surface area contributed by atoms with Crippen LogP contribution in [-0.2, 0) is 14.8 Å². The Morgan fingerprint density at radius 3 is 2.41 bits per heavy atom. The van der Waals surface area contributed by atoms with E-state index < -0.39 is 22.5 Å². The van der Waals surface area contributed by atoms with Gasteiger partial charge in [-0.15, -0.1) is 0 Å². The van der Waals surface area contributed by atoms with Crippen LogP contribution in [0.5, 0.6) is 0 Å². The predicted octanol–water partition coefficient (Wildman–Crippen LogP) is -0.0669. The molecule has 1 aromatic carbocycles. The molecule has 22 heavy (non-hydrogen) atoms. The fraction of sp³-hybridized carbons (Fsp3) is 0.385. The zero-order chi connectivity index (χ0) is 16.6. The van der Waals surface area contributed by atoms with Gasteiger partial charge in [-0.2, -0.15) is 11.8 Å². The first-order valence-corrected chi connectivity index (χ1v) is 9.39. The van der Waals surface area contributed by atoms with Crippen LogP contribution >= 0.6 is 11.8 Å². The lowest BCUT2D eigenvalue weighted by Crippen LogP contribution is -2.33. The molecule has 0 fully saturated rings. The number of carbonyl (C=O) groups is 2. The highest BCUT2D eigenvalue weighted by atomic mass is 32.2. The number of sulfonamides is 1. The Morgan fingerprint density at radius 2 is 1.86 bits per heavy atom. The number of rotatable bonds is 9. The number of hydrogen-bond acceptors (Lipinski definition) is 5. The van der Waals surface area contributed by atoms with Gasteiger partial charge in [0.15, 0.2) is 0 Å². The van der Waals surface area contributed by atoms with Crippen molar-refractivity contribution in [3.05, 3.63) is 29.8 Å². The van der Waals surface area contributed by atoms with Crippen molar-refractivity contribution in [2.24, 2.45) is 5.73 Å². The zero-order valence-electron chi connectivity index (χ0n) is 12.2. The van der Waals surface area contributed by atoms with E-state index in [2.05, 4.69) is 10.0 Å². The van der Waals surface area contributed by atoms with E-state index in [0.717, 1.165) is 12.2 Å². The van der Waals surface area contributed by atoms with Crippen LogP contribution in [0.15, 0.2) is 29.2 Å². The molecular formula is C13H19N3O4S2. The van der Waals surface area contributed by atoms with Gasteiger partial charge in [0.1, 0.15) is 0 Å². The summed E-state index contributed by atoms with van der Waals surface area (Å²) in [5.74, 6) is -0.0665. The van der Waals surface area contributed by atoms with E-state index in [9.17, 15) is 18.0 Å². The van der Waals surface area contributed by atoms with Gasteiger partial charge in [0.05, 0.1) is 11.4 Å². The van der Waals surface area contributed by atoms with Gasteiger partial charge in [0, 0.05) is 12.1 Å². The minimum absolute atomic E-state index is 0.0346. The predicted molar refractivity (Wildman–Crippen MR) is 86.2 cm³/mol. The minimum atomic E-state index is -3.81. The number of carbonyl (C=O) groups excluding carboxylic acids is 2. The summed E-state index contributed by atoms with van der Waals surface area (Å²) in [6, 6.07) is 5.45. The first kappa shape index (κ1) is 18.5. The maximum atomic E-state index is 11.8. The molecule has 0 aromatic heterocycles. The van der Waals surface area contributed by atoms with E-state index in [1.807, 2.05) is 6.26 Å². The molecule has 0 radical (unpaired) electrons. The lowest BCUT2D eigenvalue weighted by Gasteiger charge is -2.07. The monoisotopic (exact) mass is 345 g/mol. The van der Waals surface area contributed by atoms with E-state index in [1.54, 1.807) is 11.8 Å². The number of nitrogens with two attached hydrogens (primary N) is 1. The number of hydrogen-bond donors (Lipinski definition) is 3. The Labute approximate surface area is 134 Å². The lowest BCUT2D eigenvalue weighted by molar-refractivity contribution is -0.116. The highest BCUT2D eigenvalue weighted by molar-refractivity contribution is 7.98. The average Bonchev–Trinajstić information content (AvgIpc) is 2.49. The highest BCUT2D eigenvalue weighted by Gasteiger charge is 2.15. The van der Waals surface area contributed by atoms with Gasteiger partial charge in [-0.25, -0.2) is 13.1 Å². The molecule has 0 aliphatic rings. The Balaban J connectivity index is 2.65. The van der Waals surface area contributed by atoms with Gasteiger partial charge in [0.25, 0.3) is 5.91 Å². The number of nitrogens with one attached hydrogen (secondary N) is 2. The first-order chi connectivity index (χ1) is 10.4. The third-order valence-corrected chi connectivity index (χ3v) is 4.79. The second-order valence-electron chi connectivity index (χ2n) is 4.42. The summed E-state index contributed by atoms with van der Waals surface area (Å²) in [6.07, 6.45) is 2.86. The number of primary amides is 1. The zero-order valence-corrected chi connectivity index (χ0v) is 13.8. The largest absolute Gasteiger partial charge is 0.369 e. The van der Waals surface area contributed by atoms with Crippen LogP contribution in [0.3, 0.4) is 0 Å². The van der Waals surface area contributed by atoms with Crippen molar-refractivity contribution in [1.29, 1.82) is 0 Å². The highest BCUT2D eigenvalue weighted by Crippen LogP contribution is 2.10. The first-order valence-electron chi connectivity index (χ1n) is 6.52. The lowest BCUT2D eigenvalue weighted by atomic mass is 10.2. The van der Waals surface area contributed by atoms with Crippen molar-refractivity contribution < 1.29 is 18.0 Å². The average molecular weight is 345 g/mol. The molecule has 122 valence electrons. The molecule has 7 nitrogen and oxygen atoms in total. The summed E-state index contributed by atoms with van der Waals surface area (Å²) < 4.78 is 25.7. The summed E-state index contributed by atoms with van der Waals surface area (Å²) in [4.78, 5) is 22.4. The molecule has 1 aromatic rings. The summed E-state index contributed by atoms with van der Waals surface area (Å²) in [7, 11) is -3.81. The SMILES string of the molecule is CSCCCNC(=O)c1ccc(S(=O)(=O)NCC(N)=O)cc1. The van der Waals surface area contributed by atoms with Gasteiger partial charge >= 0.3 is 0 Å². The fourth-order valence-electron chi connectivity index (χ4n) is 1.56. The van der Waals surface area contributed by atoms with E-state index in [-0.39, 0.29) is 10.8 Å². The van der Waals surface area contributed by atoms with Crippen LogP contribution < -0.4 is 15.8 Å². The molecule has 1 rings (SSSR count). The second kappa shape index (κ2) is 8.76. The molecule has 9 heteroatoms. The van der Waals surface area contributed by atoms with Gasteiger partial charge < -0.3 is 11.1 Å². The fourth-order valence-corrected chi connectivity index (χ4v) is 2.98. The Morgan fingerprint density at radius 1 is 1.23 bits per heavy atom. The molecule has 0 saturated heterocycles. The van der Waals surface area contributed by atoms with Crippen LogP contribution in [0, 0.1) is 0 Å². The quantitative estimate of drug-likeness (QED) is 0.542. The summed E-state index contributed by atoms with van der Waals surface area (Å²) in [6.45, 7) is 0.0971. The van der Waals surface area contributed by atoms with Crippen LogP contribution in [0.25, 0.3) is 0 Å². The molecule has 4 N–H and O–H groups in total. The van der Waals surface area contributed by atoms with Crippen LogP contribution in [0.1, 0.15) is 16.8 Å². The maximum absolute atomic E-state index is 11.8. The van der Waals surface area contributed by atoms with E-state index in [4.69, 9.17) is 5.73 Å². The van der Waals surface area contributed by atoms with Crippen LogP contribution in [-0.4, -0.2) is 45.3 Å². The topological polar surface area (TPSA) is 118 Å². The van der Waals surface area contributed by atoms with Crippen molar-refractivity contribution in [3.8, 4) is 0 Å². The van der Waals surface area contributed by atoms with Crippen molar-refractivity contribution in [3.63, 3.8) is 0 Å². The Bertz CT molecular complexity index is 615. The number of amides is 2. The van der Waals surface area contributed by atoms with Gasteiger partial charge in [0.2, 0.25) is 15.9 Å². The normalized spacial score (nSPS) is 11.1. The molecule has 0 saturated carbocycles. The molecule has 0 aliphatic carbocycles. The standard InChI is InChI=1S/C13H19N3O4S2/c1-21-8-2-7-15-13(18)10-3-5-11(6-4-10)22(19,20)16-9-12(14)17/h3-6,16H,2,7-9H2,1H3,(H2,14,17)(H,15,18). The molecule has 2 amide bonds. The minimum Gasteiger partial charge on any atom is -0.369 e. The summed E-state index contributed by atoms with van der Waals surface area (Å²) in [5.41, 5.74) is 5.26. The van der Waals surface area contributed by atoms with Gasteiger partial charge in [-0.3, -0.25) is 9.59 Å². The van der Waals surface area contributed by atoms with E-state index in [1.165, 1.54) is 24.3 Å². The van der Waals surface area contributed by atoms with Gasteiger partial charge in [-0.1, -0.05) is 0 Å². The third-order valence-electron chi connectivity index (χ3n) is 2.67. The van der Waals surface area contributed by atoms with Crippen LogP contribution in [0.2, 0.25) is 0 Å². The Hall–Kier alpha value is -1.58. The van der Waals surface area contributed by atoms with E-state index in [0.29, 0.717) is 12.1 Å². The molecule has 0 spiro atoms. The summed E-state index contributed by atoms with van der Waals surface area (Å²) >= 11 is 1.70. The second-order valence-corrected chi connectivity index (χ2v) is 7.17. The smallest absolute Gasteiger partial charge is 0.251 e. The molecule has 0 unspecified atom stereocenters. The third kappa shape index (κ3) is 6.04. The molecule has 0 atom stereocenters. The Kier molecular flexibility index (Phi) is 7.36. The maximum Gasteiger partial charge on any atom is 0.251 e. The number of benzene rings is 1. The molecule has 0 heterocycles. The number of thioether (sulfide) groups is 1. The molecule has 0 bridgehead atoms. The van der Waals surface area contributed by atoms with E-state index >= 15 is 0 Å². The van der Waals surface area contributed by atoms with Crippen molar-refractivity contribution in [2.75, 3.05) is 25.1 Å². The van der Waals surface area contributed by atoms with Crippen molar-refractivity contribution in [1.82, 2.24) is 10.0 Å². The molecule has 0 aliphatic heterocycles. The van der Waals surface area contributed by atoms with Crippen molar-refractivity contribution >= 4 is 33.6 Å². The summed E-state index contributed by atoms with van der Waals surface area (Å²) in [5, 5.41) is 2.75. The molecular weight excluding hydrogens is 326 g/mol. The van der Waals surface area contributed by atoms with Crippen molar-refractivity contribution in [2.45, 2.75) is 11.3 Å². The van der Waals surface area contributed by atoms with Gasteiger partial charge in [-0.05, 0) is 42.7 Å².